The van der Waals surface area contributed by atoms with Gasteiger partial charge < -0.3 is 5.32 Å². The van der Waals surface area contributed by atoms with Crippen molar-refractivity contribution in [2.75, 3.05) is 5.32 Å². The summed E-state index contributed by atoms with van der Waals surface area (Å²) >= 11 is 1.44. The molecule has 0 saturated carbocycles. The summed E-state index contributed by atoms with van der Waals surface area (Å²) in [5, 5.41) is 5.59. The van der Waals surface area contributed by atoms with Gasteiger partial charge >= 0.3 is 0 Å². The van der Waals surface area contributed by atoms with E-state index in [-0.39, 0.29) is 29.8 Å². The lowest BCUT2D eigenvalue weighted by molar-refractivity contribution is -0.116. The third-order valence-corrected chi connectivity index (χ3v) is 6.48. The zero-order valence-corrected chi connectivity index (χ0v) is 19.6. The summed E-state index contributed by atoms with van der Waals surface area (Å²) in [5.41, 5.74) is 4.65. The van der Waals surface area contributed by atoms with E-state index in [4.69, 9.17) is 0 Å². The number of amides is 1. The Hall–Kier alpha value is -3.25. The second kappa shape index (κ2) is 9.09. The molecule has 1 amide bonds. The summed E-state index contributed by atoms with van der Waals surface area (Å²) < 4.78 is 1.39. The molecule has 0 aliphatic heterocycles. The van der Waals surface area contributed by atoms with Crippen molar-refractivity contribution in [3.05, 3.63) is 81.7 Å². The maximum Gasteiger partial charge on any atom is 0.263 e. The second-order valence-corrected chi connectivity index (χ2v) is 9.40. The topological polar surface area (TPSA) is 64.0 Å². The smallest absolute Gasteiger partial charge is 0.263 e. The molecule has 0 aliphatic carbocycles. The normalized spacial score (nSPS) is 11.4. The van der Waals surface area contributed by atoms with Crippen LogP contribution in [-0.4, -0.2) is 15.5 Å². The van der Waals surface area contributed by atoms with Crippen molar-refractivity contribution < 1.29 is 4.79 Å². The van der Waals surface area contributed by atoms with Gasteiger partial charge in [-0.3, -0.25) is 14.2 Å². The summed E-state index contributed by atoms with van der Waals surface area (Å²) in [6, 6.07) is 15.9. The average molecular weight is 446 g/mol. The molecule has 0 fully saturated rings. The van der Waals surface area contributed by atoms with Gasteiger partial charge in [0.15, 0.2) is 0 Å². The Morgan fingerprint density at radius 2 is 1.66 bits per heavy atom. The van der Waals surface area contributed by atoms with Gasteiger partial charge in [0.2, 0.25) is 5.91 Å². The van der Waals surface area contributed by atoms with E-state index in [0.717, 1.165) is 27.9 Å². The summed E-state index contributed by atoms with van der Waals surface area (Å²) in [4.78, 5) is 31.4. The number of fused-ring (bicyclic) bond motifs is 1. The first-order chi connectivity index (χ1) is 15.4. The van der Waals surface area contributed by atoms with Crippen LogP contribution in [0.5, 0.6) is 0 Å². The van der Waals surface area contributed by atoms with Crippen molar-refractivity contribution >= 4 is 33.1 Å². The summed E-state index contributed by atoms with van der Waals surface area (Å²) in [7, 11) is 0. The van der Waals surface area contributed by atoms with Crippen LogP contribution >= 0.6 is 11.3 Å². The Labute approximate surface area is 191 Å². The van der Waals surface area contributed by atoms with E-state index in [9.17, 15) is 9.59 Å². The van der Waals surface area contributed by atoms with Gasteiger partial charge in [0.25, 0.3) is 5.56 Å². The number of thiophene rings is 1. The molecule has 4 rings (SSSR count). The van der Waals surface area contributed by atoms with E-state index < -0.39 is 0 Å². The van der Waals surface area contributed by atoms with E-state index in [1.807, 2.05) is 53.9 Å². The average Bonchev–Trinajstić information content (AvgIpc) is 3.21. The molecular formula is C26H27N3O2S. The number of rotatable bonds is 6. The minimum atomic E-state index is -0.236. The van der Waals surface area contributed by atoms with Gasteiger partial charge in [-0.1, -0.05) is 76.2 Å². The van der Waals surface area contributed by atoms with Crippen LogP contribution in [0.1, 0.15) is 50.7 Å². The molecule has 0 radical (unpaired) electrons. The first kappa shape index (κ1) is 22.0. The summed E-state index contributed by atoms with van der Waals surface area (Å²) in [5.74, 6) is 0.299. The first-order valence-electron chi connectivity index (χ1n) is 10.8. The highest BCUT2D eigenvalue weighted by Crippen LogP contribution is 2.33. The van der Waals surface area contributed by atoms with E-state index in [2.05, 4.69) is 38.0 Å². The SMILES string of the molecule is CC(C)c1cccc(C(C)C)c1NC(=O)Cn1cnc2scc(-c3ccccc3)c2c1=O. The second-order valence-electron chi connectivity index (χ2n) is 8.54. The molecule has 0 spiro atoms. The maximum atomic E-state index is 13.3. The number of hydrogen-bond donors (Lipinski definition) is 1. The molecule has 164 valence electrons. The molecule has 0 bridgehead atoms. The number of hydrogen-bond acceptors (Lipinski definition) is 4. The van der Waals surface area contributed by atoms with Gasteiger partial charge in [0.05, 0.1) is 11.7 Å². The number of aromatic nitrogens is 2. The standard InChI is InChI=1S/C26H27N3O2S/c1-16(2)19-11-8-12-20(17(3)4)24(19)28-22(30)13-29-15-27-25-23(26(29)31)21(14-32-25)18-9-6-5-7-10-18/h5-12,14-17H,13H2,1-4H3,(H,28,30). The molecule has 2 aromatic heterocycles. The monoisotopic (exact) mass is 445 g/mol. The third kappa shape index (κ3) is 4.23. The van der Waals surface area contributed by atoms with E-state index in [1.54, 1.807) is 0 Å². The van der Waals surface area contributed by atoms with Crippen LogP contribution in [0.15, 0.2) is 65.0 Å². The van der Waals surface area contributed by atoms with Crippen LogP contribution in [-0.2, 0) is 11.3 Å². The van der Waals surface area contributed by atoms with Crippen LogP contribution in [0.2, 0.25) is 0 Å². The lowest BCUT2D eigenvalue weighted by Crippen LogP contribution is -2.28. The first-order valence-corrected chi connectivity index (χ1v) is 11.7. The fourth-order valence-electron chi connectivity index (χ4n) is 3.94. The molecule has 5 nitrogen and oxygen atoms in total. The van der Waals surface area contributed by atoms with Gasteiger partial charge in [-0.15, -0.1) is 11.3 Å². The van der Waals surface area contributed by atoms with E-state index >= 15 is 0 Å². The van der Waals surface area contributed by atoms with Crippen LogP contribution in [0.25, 0.3) is 21.3 Å². The van der Waals surface area contributed by atoms with Crippen molar-refractivity contribution in [2.45, 2.75) is 46.1 Å². The Kier molecular flexibility index (Phi) is 6.24. The highest BCUT2D eigenvalue weighted by atomic mass is 32.1. The number of nitrogens with one attached hydrogen (secondary N) is 1. The predicted octanol–water partition coefficient (Wildman–Crippen LogP) is 6.01. The lowest BCUT2D eigenvalue weighted by Gasteiger charge is -2.20. The van der Waals surface area contributed by atoms with Crippen LogP contribution in [0.3, 0.4) is 0 Å². The van der Waals surface area contributed by atoms with Crippen molar-refractivity contribution in [1.29, 1.82) is 0 Å². The third-order valence-electron chi connectivity index (χ3n) is 5.60. The fourth-order valence-corrected chi connectivity index (χ4v) is 4.85. The number of carbonyl (C=O) groups is 1. The molecule has 2 aromatic carbocycles. The highest BCUT2D eigenvalue weighted by Gasteiger charge is 2.18. The Morgan fingerprint density at radius 1 is 1.00 bits per heavy atom. The van der Waals surface area contributed by atoms with Crippen LogP contribution in [0.4, 0.5) is 5.69 Å². The van der Waals surface area contributed by atoms with Crippen molar-refractivity contribution in [1.82, 2.24) is 9.55 Å². The number of carbonyl (C=O) groups excluding carboxylic acids is 1. The van der Waals surface area contributed by atoms with Crippen LogP contribution < -0.4 is 10.9 Å². The van der Waals surface area contributed by atoms with Gasteiger partial charge in [-0.25, -0.2) is 4.98 Å². The van der Waals surface area contributed by atoms with Gasteiger partial charge in [0, 0.05) is 16.6 Å². The van der Waals surface area contributed by atoms with Crippen LogP contribution in [0, 0.1) is 0 Å². The Bertz CT molecular complexity index is 1290. The lowest BCUT2D eigenvalue weighted by atomic mass is 9.92. The zero-order valence-electron chi connectivity index (χ0n) is 18.8. The minimum absolute atomic E-state index is 0.0875. The van der Waals surface area contributed by atoms with Crippen molar-refractivity contribution in [3.8, 4) is 11.1 Å². The van der Waals surface area contributed by atoms with Gasteiger partial charge in [-0.2, -0.15) is 0 Å². The fraction of sp³-hybridized carbons (Fsp3) is 0.269. The predicted molar refractivity (Wildman–Crippen MR) is 133 cm³/mol. The van der Waals surface area contributed by atoms with Gasteiger partial charge in [-0.05, 0) is 28.5 Å². The van der Waals surface area contributed by atoms with E-state index in [1.165, 1.54) is 22.2 Å². The molecular weight excluding hydrogens is 418 g/mol. The number of para-hydroxylation sites is 1. The molecule has 6 heteroatoms. The molecule has 4 aromatic rings. The maximum absolute atomic E-state index is 13.3. The van der Waals surface area contributed by atoms with Gasteiger partial charge in [0.1, 0.15) is 11.4 Å². The molecule has 0 aliphatic rings. The molecule has 32 heavy (non-hydrogen) atoms. The quantitative estimate of drug-likeness (QED) is 0.395. The number of benzene rings is 2. The number of anilines is 1. The zero-order chi connectivity index (χ0) is 22.8. The largest absolute Gasteiger partial charge is 0.324 e. The molecule has 1 N–H and O–H groups in total. The van der Waals surface area contributed by atoms with Crippen molar-refractivity contribution in [2.24, 2.45) is 0 Å². The summed E-state index contributed by atoms with van der Waals surface area (Å²) in [6.07, 6.45) is 1.47. The summed E-state index contributed by atoms with van der Waals surface area (Å²) in [6.45, 7) is 8.35. The van der Waals surface area contributed by atoms with Crippen molar-refractivity contribution in [3.63, 3.8) is 0 Å². The molecule has 0 saturated heterocycles. The molecule has 2 heterocycles. The molecule has 0 atom stereocenters. The minimum Gasteiger partial charge on any atom is -0.324 e. The molecule has 0 unspecified atom stereocenters. The Morgan fingerprint density at radius 3 is 2.28 bits per heavy atom. The Balaban J connectivity index is 1.68. The number of nitrogens with zero attached hydrogens (tertiary/aromatic N) is 2. The highest BCUT2D eigenvalue weighted by molar-refractivity contribution is 7.17. The van der Waals surface area contributed by atoms with E-state index in [0.29, 0.717) is 10.2 Å².